The number of carbonyl (C=O) groups is 2. The van der Waals surface area contributed by atoms with Gasteiger partial charge in [-0.25, -0.2) is 9.25 Å². The number of anilines is 1. The first kappa shape index (κ1) is 29.2. The summed E-state index contributed by atoms with van der Waals surface area (Å²) in [7, 11) is -4.63. The van der Waals surface area contributed by atoms with Crippen molar-refractivity contribution in [3.8, 4) is 11.1 Å². The highest BCUT2D eigenvalue weighted by Crippen LogP contribution is 2.51. The topological polar surface area (TPSA) is 161 Å². The highest BCUT2D eigenvalue weighted by Gasteiger charge is 2.48. The number of aryl methyl sites for hydroxylation is 1. The zero-order valence-corrected chi connectivity index (χ0v) is 24.5. The van der Waals surface area contributed by atoms with E-state index in [9.17, 15) is 14.2 Å². The zero-order valence-electron chi connectivity index (χ0n) is 23.6. The normalized spacial score (nSPS) is 16.3. The molecule has 2 aliphatic rings. The van der Waals surface area contributed by atoms with Gasteiger partial charge in [0.2, 0.25) is 5.91 Å². The third-order valence-electron chi connectivity index (χ3n) is 7.85. The van der Waals surface area contributed by atoms with Crippen LogP contribution in [-0.2, 0) is 20.6 Å². The number of hydrogen-bond donors (Lipinski definition) is 4. The number of nitrogens with zero attached hydrogens (tertiary/aromatic N) is 4. The summed E-state index contributed by atoms with van der Waals surface area (Å²) in [5, 5.41) is 14.7. The lowest BCUT2D eigenvalue weighted by Crippen LogP contribution is -2.50. The third-order valence-corrected chi connectivity index (χ3v) is 8.30. The molecule has 220 valence electrons. The van der Waals surface area contributed by atoms with E-state index in [-0.39, 0.29) is 30.5 Å². The van der Waals surface area contributed by atoms with E-state index in [4.69, 9.17) is 9.79 Å². The molecule has 0 spiro atoms. The SMILES string of the molecule is Cc1nn(COP(=O)(O)O)c(C)c1-c1ccc(NC(=O)C(NC(=O)c2ccnn2C(C)C)C(C2CC2)C2CC2)cc1. The van der Waals surface area contributed by atoms with Crippen molar-refractivity contribution in [2.24, 2.45) is 17.8 Å². The summed E-state index contributed by atoms with van der Waals surface area (Å²) in [4.78, 5) is 45.1. The first-order valence-corrected chi connectivity index (χ1v) is 15.5. The Bertz CT molecular complexity index is 1460. The second kappa shape index (κ2) is 11.5. The molecule has 2 fully saturated rings. The van der Waals surface area contributed by atoms with Crippen molar-refractivity contribution in [2.45, 2.75) is 72.2 Å². The molecule has 2 aromatic heterocycles. The molecular formula is C28H37N6O6P. The van der Waals surface area contributed by atoms with Gasteiger partial charge in [0.25, 0.3) is 5.91 Å². The van der Waals surface area contributed by atoms with Gasteiger partial charge in [0, 0.05) is 29.2 Å². The molecule has 0 aliphatic heterocycles. The van der Waals surface area contributed by atoms with E-state index < -0.39 is 13.9 Å². The van der Waals surface area contributed by atoms with E-state index in [0.717, 1.165) is 36.8 Å². The van der Waals surface area contributed by atoms with Crippen LogP contribution < -0.4 is 10.6 Å². The number of aromatic nitrogens is 4. The van der Waals surface area contributed by atoms with Gasteiger partial charge < -0.3 is 20.4 Å². The average molecular weight is 585 g/mol. The Morgan fingerprint density at radius 3 is 2.27 bits per heavy atom. The van der Waals surface area contributed by atoms with Crippen molar-refractivity contribution >= 4 is 25.3 Å². The van der Waals surface area contributed by atoms with Crippen molar-refractivity contribution in [1.29, 1.82) is 0 Å². The lowest BCUT2D eigenvalue weighted by atomic mass is 9.88. The van der Waals surface area contributed by atoms with Gasteiger partial charge in [-0.3, -0.25) is 18.8 Å². The molecule has 4 N–H and O–H groups in total. The fourth-order valence-corrected chi connectivity index (χ4v) is 5.92. The van der Waals surface area contributed by atoms with Crippen LogP contribution in [0.4, 0.5) is 5.69 Å². The maximum Gasteiger partial charge on any atom is 0.471 e. The van der Waals surface area contributed by atoms with Crippen LogP contribution in [0.3, 0.4) is 0 Å². The Labute approximate surface area is 238 Å². The van der Waals surface area contributed by atoms with Gasteiger partial charge in [0.15, 0.2) is 6.73 Å². The smallest absolute Gasteiger partial charge is 0.339 e. The first-order chi connectivity index (χ1) is 19.4. The fourth-order valence-electron chi connectivity index (χ4n) is 5.66. The zero-order chi connectivity index (χ0) is 29.5. The molecule has 2 aliphatic carbocycles. The molecule has 5 rings (SSSR count). The molecule has 13 heteroatoms. The molecule has 41 heavy (non-hydrogen) atoms. The molecule has 1 unspecified atom stereocenters. The minimum Gasteiger partial charge on any atom is -0.339 e. The highest BCUT2D eigenvalue weighted by molar-refractivity contribution is 7.46. The number of hydrogen-bond acceptors (Lipinski definition) is 6. The Balaban J connectivity index is 1.33. The van der Waals surface area contributed by atoms with Crippen molar-refractivity contribution < 1.29 is 28.5 Å². The summed E-state index contributed by atoms with van der Waals surface area (Å²) in [6, 6.07) is 8.34. The molecule has 2 amide bonds. The van der Waals surface area contributed by atoms with Crippen molar-refractivity contribution in [2.75, 3.05) is 5.32 Å². The molecule has 0 radical (unpaired) electrons. The molecule has 0 bridgehead atoms. The summed E-state index contributed by atoms with van der Waals surface area (Å²) in [5.41, 5.74) is 4.04. The number of rotatable bonds is 12. The Kier molecular flexibility index (Phi) is 8.20. The largest absolute Gasteiger partial charge is 0.471 e. The second-order valence-corrected chi connectivity index (χ2v) is 12.6. The van der Waals surface area contributed by atoms with Gasteiger partial charge in [-0.05, 0) is 94.9 Å². The van der Waals surface area contributed by atoms with Crippen LogP contribution in [0.15, 0.2) is 36.5 Å². The molecule has 2 saturated carbocycles. The predicted octanol–water partition coefficient (Wildman–Crippen LogP) is 4.18. The first-order valence-electron chi connectivity index (χ1n) is 13.9. The van der Waals surface area contributed by atoms with E-state index in [1.807, 2.05) is 26.0 Å². The van der Waals surface area contributed by atoms with Crippen LogP contribution in [0.2, 0.25) is 0 Å². The highest BCUT2D eigenvalue weighted by atomic mass is 31.2. The number of nitrogens with one attached hydrogen (secondary N) is 2. The summed E-state index contributed by atoms with van der Waals surface area (Å²) in [6.45, 7) is 7.14. The molecule has 0 saturated heterocycles. The van der Waals surface area contributed by atoms with Crippen molar-refractivity contribution in [1.82, 2.24) is 24.9 Å². The van der Waals surface area contributed by atoms with Crippen LogP contribution in [0.1, 0.15) is 67.4 Å². The Hall–Kier alpha value is -3.31. The van der Waals surface area contributed by atoms with E-state index in [1.165, 1.54) is 4.68 Å². The van der Waals surface area contributed by atoms with Crippen LogP contribution in [0.25, 0.3) is 11.1 Å². The van der Waals surface area contributed by atoms with Crippen molar-refractivity contribution in [3.05, 3.63) is 53.6 Å². The number of benzene rings is 1. The second-order valence-electron chi connectivity index (χ2n) is 11.3. The van der Waals surface area contributed by atoms with Gasteiger partial charge in [0.05, 0.1) is 5.69 Å². The number of amides is 2. The van der Waals surface area contributed by atoms with Crippen LogP contribution in [0, 0.1) is 31.6 Å². The lowest BCUT2D eigenvalue weighted by molar-refractivity contribution is -0.119. The lowest BCUT2D eigenvalue weighted by Gasteiger charge is -2.28. The maximum absolute atomic E-state index is 13.7. The maximum atomic E-state index is 13.7. The summed E-state index contributed by atoms with van der Waals surface area (Å²) in [5.74, 6) is 0.435. The molecule has 1 atom stereocenters. The summed E-state index contributed by atoms with van der Waals surface area (Å²) >= 11 is 0. The van der Waals surface area contributed by atoms with Crippen molar-refractivity contribution in [3.63, 3.8) is 0 Å². The van der Waals surface area contributed by atoms with Crippen LogP contribution >= 0.6 is 7.82 Å². The molecule has 12 nitrogen and oxygen atoms in total. The van der Waals surface area contributed by atoms with Gasteiger partial charge in [-0.2, -0.15) is 10.2 Å². The van der Waals surface area contributed by atoms with Gasteiger partial charge in [0.1, 0.15) is 11.7 Å². The molecule has 2 heterocycles. The molecular weight excluding hydrogens is 547 g/mol. The fraction of sp³-hybridized carbons (Fsp3) is 0.500. The number of carbonyl (C=O) groups excluding carboxylic acids is 2. The Morgan fingerprint density at radius 2 is 1.71 bits per heavy atom. The van der Waals surface area contributed by atoms with Gasteiger partial charge >= 0.3 is 7.82 Å². The minimum absolute atomic E-state index is 0.0113. The van der Waals surface area contributed by atoms with E-state index in [0.29, 0.717) is 34.6 Å². The monoisotopic (exact) mass is 584 g/mol. The summed E-state index contributed by atoms with van der Waals surface area (Å²) in [6.07, 6.45) is 5.90. The van der Waals surface area contributed by atoms with Gasteiger partial charge in [-0.1, -0.05) is 12.1 Å². The van der Waals surface area contributed by atoms with Crippen LogP contribution in [-0.4, -0.2) is 47.2 Å². The third kappa shape index (κ3) is 6.78. The van der Waals surface area contributed by atoms with E-state index >= 15 is 0 Å². The average Bonchev–Trinajstić information content (AvgIpc) is 3.84. The molecule has 1 aromatic carbocycles. The van der Waals surface area contributed by atoms with E-state index in [1.54, 1.807) is 42.9 Å². The standard InChI is InChI=1S/C28H37N6O6P/c1-16(2)34-23(13-14-29-34)27(35)31-26(25(20-5-6-20)21-7-8-21)28(36)30-22-11-9-19(10-12-22)24-17(3)32-33(18(24)4)15-40-41(37,38)39/h9-14,16,20-21,25-26H,5-8,15H2,1-4H3,(H,30,36)(H,31,35)(H2,37,38,39). The minimum atomic E-state index is -4.63. The van der Waals surface area contributed by atoms with E-state index in [2.05, 4.69) is 25.4 Å². The summed E-state index contributed by atoms with van der Waals surface area (Å²) < 4.78 is 18.8. The molecule has 3 aromatic rings. The van der Waals surface area contributed by atoms with Crippen LogP contribution in [0.5, 0.6) is 0 Å². The van der Waals surface area contributed by atoms with Gasteiger partial charge in [-0.15, -0.1) is 0 Å². The predicted molar refractivity (Wildman–Crippen MR) is 152 cm³/mol. The number of phosphoric acid groups is 1. The quantitative estimate of drug-likeness (QED) is 0.231. The number of phosphoric ester groups is 1. The Morgan fingerprint density at radius 1 is 1.07 bits per heavy atom.